The van der Waals surface area contributed by atoms with Crippen molar-refractivity contribution in [3.05, 3.63) is 83.8 Å². The minimum absolute atomic E-state index is 0.0331. The minimum Gasteiger partial charge on any atom is -0.503 e. The maximum absolute atomic E-state index is 12.8. The van der Waals surface area contributed by atoms with Gasteiger partial charge in [-0.2, -0.15) is 0 Å². The third kappa shape index (κ3) is 2.46. The zero-order valence-electron chi connectivity index (χ0n) is 12.9. The Morgan fingerprint density at radius 2 is 1.76 bits per heavy atom. The second kappa shape index (κ2) is 5.86. The Morgan fingerprint density at radius 1 is 1.04 bits per heavy atom. The zero-order chi connectivity index (χ0) is 17.4. The smallest absolute Gasteiger partial charge is 0.290 e. The Bertz CT molecular complexity index is 919. The van der Waals surface area contributed by atoms with Gasteiger partial charge in [0.15, 0.2) is 11.5 Å². The van der Waals surface area contributed by atoms with Crippen LogP contribution < -0.4 is 0 Å². The molecule has 0 aliphatic carbocycles. The fourth-order valence-electron chi connectivity index (χ4n) is 2.90. The second-order valence-electron chi connectivity index (χ2n) is 5.50. The molecule has 126 valence electrons. The third-order valence-electron chi connectivity index (χ3n) is 4.01. The average Bonchev–Trinajstić information content (AvgIpc) is 3.39. The molecule has 0 radical (unpaired) electrons. The van der Waals surface area contributed by atoms with E-state index in [2.05, 4.69) is 0 Å². The van der Waals surface area contributed by atoms with Gasteiger partial charge >= 0.3 is 0 Å². The van der Waals surface area contributed by atoms with Crippen molar-refractivity contribution in [3.63, 3.8) is 0 Å². The van der Waals surface area contributed by atoms with Gasteiger partial charge in [-0.05, 0) is 36.4 Å². The molecule has 7 heteroatoms. The normalized spacial score (nSPS) is 17.5. The fraction of sp³-hybridized carbons (Fsp3) is 0.111. The molecular weight excluding hydrogens is 326 g/mol. The van der Waals surface area contributed by atoms with E-state index in [0.29, 0.717) is 11.5 Å². The standard InChI is InChI=1S/C18H13NO6/c20-16(13-6-3-9-25-13)14-15(12-5-2-8-24-12)19(18(22)17(14)21)10-11-4-1-7-23-11/h1-9,15,21H,10H2. The van der Waals surface area contributed by atoms with E-state index in [-0.39, 0.29) is 17.9 Å². The van der Waals surface area contributed by atoms with Gasteiger partial charge in [-0.3, -0.25) is 9.59 Å². The van der Waals surface area contributed by atoms with E-state index in [0.717, 1.165) is 0 Å². The third-order valence-corrected chi connectivity index (χ3v) is 4.01. The number of nitrogens with zero attached hydrogens (tertiary/aromatic N) is 1. The predicted octanol–water partition coefficient (Wildman–Crippen LogP) is 3.24. The van der Waals surface area contributed by atoms with Crippen LogP contribution in [0.2, 0.25) is 0 Å². The molecule has 1 amide bonds. The molecule has 1 unspecified atom stereocenters. The Morgan fingerprint density at radius 3 is 2.40 bits per heavy atom. The molecular formula is C18H13NO6. The van der Waals surface area contributed by atoms with Gasteiger partial charge in [0.2, 0.25) is 5.78 Å². The number of hydrogen-bond donors (Lipinski definition) is 1. The van der Waals surface area contributed by atoms with Crippen LogP contribution in [-0.4, -0.2) is 21.7 Å². The van der Waals surface area contributed by atoms with Gasteiger partial charge in [0.05, 0.1) is 30.9 Å². The highest BCUT2D eigenvalue weighted by Crippen LogP contribution is 2.40. The number of furan rings is 3. The molecule has 0 bridgehead atoms. The molecule has 1 N–H and O–H groups in total. The number of ketones is 1. The first-order valence-electron chi connectivity index (χ1n) is 7.55. The van der Waals surface area contributed by atoms with E-state index in [1.165, 1.54) is 29.8 Å². The van der Waals surface area contributed by atoms with Crippen molar-refractivity contribution in [2.24, 2.45) is 0 Å². The van der Waals surface area contributed by atoms with Crippen molar-refractivity contribution in [1.29, 1.82) is 0 Å². The molecule has 1 aliphatic heterocycles. The molecule has 4 heterocycles. The van der Waals surface area contributed by atoms with Crippen LogP contribution >= 0.6 is 0 Å². The molecule has 0 saturated heterocycles. The van der Waals surface area contributed by atoms with Crippen molar-refractivity contribution < 1.29 is 27.9 Å². The van der Waals surface area contributed by atoms with E-state index in [4.69, 9.17) is 13.3 Å². The van der Waals surface area contributed by atoms with Crippen molar-refractivity contribution in [2.75, 3.05) is 0 Å². The van der Waals surface area contributed by atoms with Gasteiger partial charge in [0, 0.05) is 0 Å². The largest absolute Gasteiger partial charge is 0.503 e. The van der Waals surface area contributed by atoms with Crippen LogP contribution in [0.15, 0.2) is 79.8 Å². The summed E-state index contributed by atoms with van der Waals surface area (Å²) in [5, 5.41) is 10.3. The summed E-state index contributed by atoms with van der Waals surface area (Å²) < 4.78 is 15.8. The Hall–Kier alpha value is -3.48. The van der Waals surface area contributed by atoms with Gasteiger partial charge in [0.1, 0.15) is 17.6 Å². The summed E-state index contributed by atoms with van der Waals surface area (Å²) >= 11 is 0. The van der Waals surface area contributed by atoms with E-state index < -0.39 is 23.5 Å². The number of carbonyl (C=O) groups excluding carboxylic acids is 2. The summed E-state index contributed by atoms with van der Waals surface area (Å²) in [6.07, 6.45) is 4.28. The molecule has 1 aliphatic rings. The molecule has 25 heavy (non-hydrogen) atoms. The molecule has 0 fully saturated rings. The van der Waals surface area contributed by atoms with Crippen LogP contribution in [0.25, 0.3) is 0 Å². The van der Waals surface area contributed by atoms with Crippen LogP contribution in [0.3, 0.4) is 0 Å². The van der Waals surface area contributed by atoms with E-state index in [1.807, 2.05) is 0 Å². The lowest BCUT2D eigenvalue weighted by molar-refractivity contribution is -0.130. The van der Waals surface area contributed by atoms with Crippen LogP contribution in [0, 0.1) is 0 Å². The van der Waals surface area contributed by atoms with Crippen LogP contribution in [-0.2, 0) is 11.3 Å². The first-order valence-corrected chi connectivity index (χ1v) is 7.55. The summed E-state index contributed by atoms with van der Waals surface area (Å²) in [6.45, 7) is 0.0796. The van der Waals surface area contributed by atoms with Gasteiger partial charge in [-0.25, -0.2) is 0 Å². The molecule has 0 saturated carbocycles. The van der Waals surface area contributed by atoms with Gasteiger partial charge < -0.3 is 23.3 Å². The fourth-order valence-corrected chi connectivity index (χ4v) is 2.90. The maximum Gasteiger partial charge on any atom is 0.290 e. The maximum atomic E-state index is 12.8. The topological polar surface area (TPSA) is 97.0 Å². The molecule has 4 rings (SSSR count). The van der Waals surface area contributed by atoms with Crippen LogP contribution in [0.1, 0.15) is 28.1 Å². The number of Topliss-reactive ketones (excluding diaryl/α,β-unsaturated/α-hetero) is 1. The Kier molecular flexibility index (Phi) is 3.53. The van der Waals surface area contributed by atoms with Crippen molar-refractivity contribution in [1.82, 2.24) is 4.90 Å². The number of aliphatic hydroxyl groups excluding tert-OH is 1. The first kappa shape index (κ1) is 15.1. The quantitative estimate of drug-likeness (QED) is 0.717. The SMILES string of the molecule is O=C(C1=C(O)C(=O)N(Cc2ccco2)C1c1ccco1)c1ccco1. The lowest BCUT2D eigenvalue weighted by Crippen LogP contribution is -2.30. The number of carbonyl (C=O) groups is 2. The molecule has 0 aromatic carbocycles. The first-order chi connectivity index (χ1) is 12.2. The van der Waals surface area contributed by atoms with Crippen molar-refractivity contribution >= 4 is 11.7 Å². The number of hydrogen-bond acceptors (Lipinski definition) is 6. The van der Waals surface area contributed by atoms with Gasteiger partial charge in [0.25, 0.3) is 5.91 Å². The summed E-state index contributed by atoms with van der Waals surface area (Å²) in [5.74, 6) is -0.949. The highest BCUT2D eigenvalue weighted by atomic mass is 16.3. The molecule has 1 atom stereocenters. The Labute approximate surface area is 141 Å². The second-order valence-corrected chi connectivity index (χ2v) is 5.50. The predicted molar refractivity (Wildman–Crippen MR) is 83.4 cm³/mol. The number of rotatable bonds is 5. The lowest BCUT2D eigenvalue weighted by Gasteiger charge is -2.23. The van der Waals surface area contributed by atoms with Gasteiger partial charge in [-0.1, -0.05) is 0 Å². The summed E-state index contributed by atoms with van der Waals surface area (Å²) in [4.78, 5) is 26.7. The minimum atomic E-state index is -0.870. The van der Waals surface area contributed by atoms with Crippen molar-refractivity contribution in [3.8, 4) is 0 Å². The zero-order valence-corrected chi connectivity index (χ0v) is 12.9. The molecule has 0 spiro atoms. The average molecular weight is 339 g/mol. The molecule has 3 aromatic rings. The highest BCUT2D eigenvalue weighted by Gasteiger charge is 2.46. The van der Waals surface area contributed by atoms with E-state index in [1.54, 1.807) is 30.3 Å². The monoisotopic (exact) mass is 339 g/mol. The van der Waals surface area contributed by atoms with Crippen molar-refractivity contribution in [2.45, 2.75) is 12.6 Å². The lowest BCUT2D eigenvalue weighted by atomic mass is 9.99. The highest BCUT2D eigenvalue weighted by molar-refractivity contribution is 6.14. The van der Waals surface area contributed by atoms with Gasteiger partial charge in [-0.15, -0.1) is 0 Å². The number of amides is 1. The summed E-state index contributed by atoms with van der Waals surface area (Å²) in [6, 6.07) is 8.85. The van der Waals surface area contributed by atoms with E-state index >= 15 is 0 Å². The molecule has 3 aromatic heterocycles. The number of aliphatic hydroxyl groups is 1. The Balaban J connectivity index is 1.78. The van der Waals surface area contributed by atoms with E-state index in [9.17, 15) is 14.7 Å². The van der Waals surface area contributed by atoms with Crippen LogP contribution in [0.5, 0.6) is 0 Å². The summed E-state index contributed by atoms with van der Waals surface area (Å²) in [7, 11) is 0. The molecule has 7 nitrogen and oxygen atoms in total. The van der Waals surface area contributed by atoms with Crippen LogP contribution in [0.4, 0.5) is 0 Å². The summed E-state index contributed by atoms with van der Waals surface area (Å²) in [5.41, 5.74) is -0.0820.